The summed E-state index contributed by atoms with van der Waals surface area (Å²) in [4.78, 5) is 19.8. The molecule has 0 bridgehead atoms. The Balaban J connectivity index is 2.46. The van der Waals surface area contributed by atoms with E-state index in [0.29, 0.717) is 5.56 Å². The number of nitrogens with zero attached hydrogens (tertiary/aromatic N) is 2. The van der Waals surface area contributed by atoms with Crippen molar-refractivity contribution in [2.24, 2.45) is 0 Å². The molecule has 18 heavy (non-hydrogen) atoms. The highest BCUT2D eigenvalue weighted by Gasteiger charge is 2.16. The second kappa shape index (κ2) is 5.14. The first-order valence-electron chi connectivity index (χ1n) is 5.02. The van der Waals surface area contributed by atoms with Crippen molar-refractivity contribution in [3.05, 3.63) is 42.0 Å². The number of hydrogen-bond acceptors (Lipinski definition) is 5. The molecule has 2 aromatic rings. The summed E-state index contributed by atoms with van der Waals surface area (Å²) in [5.74, 6) is -1.39. The maximum Gasteiger partial charge on any atom is 0.359 e. The first-order valence-corrected chi connectivity index (χ1v) is 5.47. The van der Waals surface area contributed by atoms with Gasteiger partial charge in [-0.2, -0.15) is 0 Å². The molecule has 0 fully saturated rings. The summed E-state index contributed by atoms with van der Waals surface area (Å²) < 4.78 is 17.8. The molecule has 0 saturated heterocycles. The van der Waals surface area contributed by atoms with E-state index in [1.165, 1.54) is 7.11 Å². The summed E-state index contributed by atoms with van der Waals surface area (Å²) in [6.07, 6.45) is 0.948. The SMILES string of the molecule is COC(=O)c1nc(-c2ccc(S)cc2)ncc1F. The lowest BCUT2D eigenvalue weighted by Gasteiger charge is -2.04. The second-order valence-corrected chi connectivity index (χ2v) is 3.95. The van der Waals surface area contributed by atoms with Crippen molar-refractivity contribution >= 4 is 18.6 Å². The van der Waals surface area contributed by atoms with Gasteiger partial charge < -0.3 is 4.74 Å². The molecule has 4 nitrogen and oxygen atoms in total. The Labute approximate surface area is 108 Å². The number of esters is 1. The van der Waals surface area contributed by atoms with Gasteiger partial charge in [0.2, 0.25) is 0 Å². The third-order valence-corrected chi connectivity index (χ3v) is 2.55. The average Bonchev–Trinajstić information content (AvgIpc) is 2.39. The van der Waals surface area contributed by atoms with Crippen LogP contribution in [0.1, 0.15) is 10.5 Å². The van der Waals surface area contributed by atoms with Crippen molar-refractivity contribution in [1.29, 1.82) is 0 Å². The van der Waals surface area contributed by atoms with Crippen LogP contribution in [-0.2, 0) is 4.74 Å². The zero-order valence-corrected chi connectivity index (χ0v) is 10.3. The Morgan fingerprint density at radius 2 is 2.00 bits per heavy atom. The van der Waals surface area contributed by atoms with Crippen LogP contribution in [0.15, 0.2) is 35.4 Å². The van der Waals surface area contributed by atoms with Crippen LogP contribution in [0.4, 0.5) is 4.39 Å². The Hall–Kier alpha value is -1.95. The lowest BCUT2D eigenvalue weighted by Crippen LogP contribution is -2.09. The number of rotatable bonds is 2. The lowest BCUT2D eigenvalue weighted by molar-refractivity contribution is 0.0588. The van der Waals surface area contributed by atoms with Gasteiger partial charge in [-0.15, -0.1) is 12.6 Å². The molecule has 2 rings (SSSR count). The predicted molar refractivity (Wildman–Crippen MR) is 66.0 cm³/mol. The summed E-state index contributed by atoms with van der Waals surface area (Å²) in [6, 6.07) is 6.97. The van der Waals surface area contributed by atoms with Gasteiger partial charge in [0, 0.05) is 10.5 Å². The lowest BCUT2D eigenvalue weighted by atomic mass is 10.2. The number of carbonyl (C=O) groups is 1. The minimum atomic E-state index is -0.832. The van der Waals surface area contributed by atoms with Gasteiger partial charge >= 0.3 is 5.97 Å². The zero-order valence-electron chi connectivity index (χ0n) is 9.42. The Bertz CT molecular complexity index is 587. The molecule has 0 radical (unpaired) electrons. The summed E-state index contributed by atoms with van der Waals surface area (Å²) in [5, 5.41) is 0. The highest BCUT2D eigenvalue weighted by atomic mass is 32.1. The van der Waals surface area contributed by atoms with Crippen LogP contribution in [0.5, 0.6) is 0 Å². The van der Waals surface area contributed by atoms with Crippen molar-refractivity contribution in [1.82, 2.24) is 9.97 Å². The van der Waals surface area contributed by atoms with Gasteiger partial charge in [-0.1, -0.05) is 12.1 Å². The molecule has 0 aliphatic rings. The predicted octanol–water partition coefficient (Wildman–Crippen LogP) is 2.36. The fourth-order valence-electron chi connectivity index (χ4n) is 1.36. The molecule has 1 heterocycles. The van der Waals surface area contributed by atoms with Crippen LogP contribution in [-0.4, -0.2) is 23.0 Å². The summed E-state index contributed by atoms with van der Waals surface area (Å²) >= 11 is 4.15. The number of thiol groups is 1. The topological polar surface area (TPSA) is 52.1 Å². The Morgan fingerprint density at radius 3 is 2.61 bits per heavy atom. The van der Waals surface area contributed by atoms with Gasteiger partial charge in [0.15, 0.2) is 17.3 Å². The quantitative estimate of drug-likeness (QED) is 0.668. The standard InChI is InChI=1S/C12H9FN2O2S/c1-17-12(16)10-9(13)6-14-11(15-10)7-2-4-8(18)5-3-7/h2-6,18H,1H3. The van der Waals surface area contributed by atoms with Crippen molar-refractivity contribution in [3.63, 3.8) is 0 Å². The molecule has 0 unspecified atom stereocenters. The van der Waals surface area contributed by atoms with E-state index in [9.17, 15) is 9.18 Å². The van der Waals surface area contributed by atoms with Crippen LogP contribution < -0.4 is 0 Å². The fraction of sp³-hybridized carbons (Fsp3) is 0.0833. The smallest absolute Gasteiger partial charge is 0.359 e. The van der Waals surface area contributed by atoms with E-state index in [-0.39, 0.29) is 11.5 Å². The normalized spacial score (nSPS) is 10.2. The molecule has 0 aliphatic heterocycles. The van der Waals surface area contributed by atoms with Gasteiger partial charge in [-0.25, -0.2) is 19.2 Å². The fourth-order valence-corrected chi connectivity index (χ4v) is 1.51. The van der Waals surface area contributed by atoms with Gasteiger partial charge in [-0.3, -0.25) is 0 Å². The summed E-state index contributed by atoms with van der Waals surface area (Å²) in [6.45, 7) is 0. The highest BCUT2D eigenvalue weighted by molar-refractivity contribution is 7.80. The molecule has 1 aromatic heterocycles. The molecule has 92 valence electrons. The molecular weight excluding hydrogens is 255 g/mol. The number of halogens is 1. The molecule has 1 aromatic carbocycles. The molecule has 0 atom stereocenters. The van der Waals surface area contributed by atoms with Crippen molar-refractivity contribution < 1.29 is 13.9 Å². The van der Waals surface area contributed by atoms with Crippen LogP contribution in [0.25, 0.3) is 11.4 Å². The Morgan fingerprint density at radius 1 is 1.33 bits per heavy atom. The number of methoxy groups -OCH3 is 1. The number of carbonyl (C=O) groups excluding carboxylic acids is 1. The van der Waals surface area contributed by atoms with Crippen LogP contribution in [0.2, 0.25) is 0 Å². The maximum atomic E-state index is 13.3. The van der Waals surface area contributed by atoms with Crippen LogP contribution in [0.3, 0.4) is 0 Å². The minimum absolute atomic E-state index is 0.255. The van der Waals surface area contributed by atoms with E-state index in [4.69, 9.17) is 0 Å². The van der Waals surface area contributed by atoms with Gasteiger partial charge in [0.1, 0.15) is 0 Å². The summed E-state index contributed by atoms with van der Waals surface area (Å²) in [5.41, 5.74) is 0.287. The number of benzene rings is 1. The van der Waals surface area contributed by atoms with Crippen molar-refractivity contribution in [3.8, 4) is 11.4 Å². The number of hydrogen-bond donors (Lipinski definition) is 1. The monoisotopic (exact) mass is 264 g/mol. The molecule has 0 amide bonds. The van der Waals surface area contributed by atoms with Crippen molar-refractivity contribution in [2.45, 2.75) is 4.90 Å². The molecule has 0 N–H and O–H groups in total. The minimum Gasteiger partial charge on any atom is -0.464 e. The molecule has 6 heteroatoms. The highest BCUT2D eigenvalue weighted by Crippen LogP contribution is 2.18. The van der Waals surface area contributed by atoms with Crippen LogP contribution >= 0.6 is 12.6 Å². The molecular formula is C12H9FN2O2S. The van der Waals surface area contributed by atoms with E-state index in [0.717, 1.165) is 11.1 Å². The van der Waals surface area contributed by atoms with E-state index in [2.05, 4.69) is 27.3 Å². The number of ether oxygens (including phenoxy) is 1. The summed E-state index contributed by atoms with van der Waals surface area (Å²) in [7, 11) is 1.17. The zero-order chi connectivity index (χ0) is 13.1. The van der Waals surface area contributed by atoms with Crippen LogP contribution in [0, 0.1) is 5.82 Å². The second-order valence-electron chi connectivity index (χ2n) is 3.43. The van der Waals surface area contributed by atoms with E-state index >= 15 is 0 Å². The number of aromatic nitrogens is 2. The Kier molecular flexibility index (Phi) is 3.57. The van der Waals surface area contributed by atoms with E-state index < -0.39 is 11.8 Å². The van der Waals surface area contributed by atoms with Gasteiger partial charge in [-0.05, 0) is 12.1 Å². The average molecular weight is 264 g/mol. The molecule has 0 saturated carbocycles. The van der Waals surface area contributed by atoms with Gasteiger partial charge in [0.25, 0.3) is 0 Å². The van der Waals surface area contributed by atoms with Crippen molar-refractivity contribution in [2.75, 3.05) is 7.11 Å². The largest absolute Gasteiger partial charge is 0.464 e. The maximum absolute atomic E-state index is 13.3. The first kappa shape index (κ1) is 12.5. The first-order chi connectivity index (χ1) is 8.61. The molecule has 0 spiro atoms. The van der Waals surface area contributed by atoms with E-state index in [1.807, 2.05) is 0 Å². The molecule has 0 aliphatic carbocycles. The third kappa shape index (κ3) is 2.48. The third-order valence-electron chi connectivity index (χ3n) is 2.25. The van der Waals surface area contributed by atoms with E-state index in [1.54, 1.807) is 24.3 Å². The van der Waals surface area contributed by atoms with Gasteiger partial charge in [0.05, 0.1) is 13.3 Å².